The maximum atomic E-state index is 13.3. The van der Waals surface area contributed by atoms with Gasteiger partial charge in [-0.15, -0.1) is 0 Å². The second-order valence-electron chi connectivity index (χ2n) is 11.4. The SMILES string of the molecule is O=C1CCC(N2Cc3cc(CNC(=O)[C@H](CC4CCCCC4)NC(=O)OC4CCCC4)ccc3C2=O)C(=O)N1. The summed E-state index contributed by atoms with van der Waals surface area (Å²) in [4.78, 5) is 64.1. The molecule has 210 valence electrons. The second kappa shape index (κ2) is 12.2. The Hall–Kier alpha value is -3.43. The fourth-order valence-electron chi connectivity index (χ4n) is 6.37. The van der Waals surface area contributed by atoms with E-state index >= 15 is 0 Å². The van der Waals surface area contributed by atoms with Crippen LogP contribution in [0.4, 0.5) is 4.79 Å². The second-order valence-corrected chi connectivity index (χ2v) is 11.4. The number of hydrogen-bond acceptors (Lipinski definition) is 6. The van der Waals surface area contributed by atoms with Crippen LogP contribution in [0, 0.1) is 5.92 Å². The van der Waals surface area contributed by atoms with Crippen LogP contribution in [0.25, 0.3) is 0 Å². The number of piperidine rings is 1. The van der Waals surface area contributed by atoms with Crippen LogP contribution in [0.1, 0.15) is 98.5 Å². The Morgan fingerprint density at radius 2 is 1.74 bits per heavy atom. The predicted molar refractivity (Wildman–Crippen MR) is 141 cm³/mol. The Balaban J connectivity index is 1.20. The van der Waals surface area contributed by atoms with E-state index in [1.807, 2.05) is 6.07 Å². The average molecular weight is 539 g/mol. The number of nitrogens with zero attached hydrogens (tertiary/aromatic N) is 1. The smallest absolute Gasteiger partial charge is 0.408 e. The summed E-state index contributed by atoms with van der Waals surface area (Å²) in [6.45, 7) is 0.528. The monoisotopic (exact) mass is 538 g/mol. The fraction of sp³-hybridized carbons (Fsp3) is 0.621. The van der Waals surface area contributed by atoms with Gasteiger partial charge < -0.3 is 20.3 Å². The summed E-state index contributed by atoms with van der Waals surface area (Å²) in [5.74, 6) is -0.840. The van der Waals surface area contributed by atoms with E-state index < -0.39 is 24.1 Å². The van der Waals surface area contributed by atoms with Crippen LogP contribution >= 0.6 is 0 Å². The number of imide groups is 1. The Kier molecular flexibility index (Phi) is 8.47. The van der Waals surface area contributed by atoms with E-state index in [1.165, 1.54) is 11.3 Å². The van der Waals surface area contributed by atoms with Crippen molar-refractivity contribution in [3.63, 3.8) is 0 Å². The number of carbonyl (C=O) groups is 5. The van der Waals surface area contributed by atoms with E-state index in [9.17, 15) is 24.0 Å². The molecular formula is C29H38N4O6. The molecule has 10 nitrogen and oxygen atoms in total. The molecule has 5 rings (SSSR count). The Bertz CT molecular complexity index is 1120. The number of nitrogens with one attached hydrogen (secondary N) is 3. The van der Waals surface area contributed by atoms with E-state index in [1.54, 1.807) is 12.1 Å². The third-order valence-electron chi connectivity index (χ3n) is 8.53. The number of fused-ring (bicyclic) bond motifs is 1. The lowest BCUT2D eigenvalue weighted by Crippen LogP contribution is -2.52. The van der Waals surface area contributed by atoms with Crippen molar-refractivity contribution in [1.29, 1.82) is 0 Å². The molecule has 2 heterocycles. The van der Waals surface area contributed by atoms with Crippen LogP contribution in [0.3, 0.4) is 0 Å². The predicted octanol–water partition coefficient (Wildman–Crippen LogP) is 3.07. The normalized spacial score (nSPS) is 22.8. The highest BCUT2D eigenvalue weighted by Crippen LogP contribution is 2.29. The first kappa shape index (κ1) is 27.1. The lowest BCUT2D eigenvalue weighted by Gasteiger charge is -2.29. The van der Waals surface area contributed by atoms with Crippen molar-refractivity contribution in [3.05, 3.63) is 34.9 Å². The molecule has 1 unspecified atom stereocenters. The topological polar surface area (TPSA) is 134 Å². The van der Waals surface area contributed by atoms with Gasteiger partial charge in [0.25, 0.3) is 5.91 Å². The van der Waals surface area contributed by atoms with Crippen LogP contribution in [-0.4, -0.2) is 52.8 Å². The standard InChI is InChI=1S/C29H38N4O6/c34-25-13-12-24(27(36)32-25)33-17-20-14-19(10-11-22(20)28(33)37)16-30-26(35)23(15-18-6-2-1-3-7-18)31-29(38)39-21-8-4-5-9-21/h10-11,14,18,21,23-24H,1-9,12-13,15-17H2,(H,30,35)(H,31,38)(H,32,34,36)/t23-,24?/m0/s1. The van der Waals surface area contributed by atoms with Crippen LogP contribution in [0.2, 0.25) is 0 Å². The first-order chi connectivity index (χ1) is 18.9. The lowest BCUT2D eigenvalue weighted by molar-refractivity contribution is -0.137. The van der Waals surface area contributed by atoms with Crippen LogP contribution in [0.15, 0.2) is 18.2 Å². The maximum Gasteiger partial charge on any atom is 0.408 e. The Morgan fingerprint density at radius 1 is 1.00 bits per heavy atom. The zero-order chi connectivity index (χ0) is 27.4. The van der Waals surface area contributed by atoms with Crippen molar-refractivity contribution in [3.8, 4) is 0 Å². The third-order valence-corrected chi connectivity index (χ3v) is 8.53. The van der Waals surface area contributed by atoms with Gasteiger partial charge in [0.1, 0.15) is 18.2 Å². The molecule has 0 radical (unpaired) electrons. The number of amides is 5. The van der Waals surface area contributed by atoms with Crippen molar-refractivity contribution < 1.29 is 28.7 Å². The zero-order valence-electron chi connectivity index (χ0n) is 22.3. The quantitative estimate of drug-likeness (QED) is 0.436. The number of hydrogen-bond donors (Lipinski definition) is 3. The summed E-state index contributed by atoms with van der Waals surface area (Å²) in [6.07, 6.45) is 10.00. The molecule has 0 spiro atoms. The summed E-state index contributed by atoms with van der Waals surface area (Å²) in [5, 5.41) is 8.12. The van der Waals surface area contributed by atoms with Gasteiger partial charge in [0.2, 0.25) is 17.7 Å². The van der Waals surface area contributed by atoms with E-state index in [4.69, 9.17) is 4.74 Å². The van der Waals surface area contributed by atoms with E-state index in [-0.39, 0.29) is 43.3 Å². The highest BCUT2D eigenvalue weighted by atomic mass is 16.6. The Labute approximate surface area is 228 Å². The number of carbonyl (C=O) groups excluding carboxylic acids is 5. The minimum Gasteiger partial charge on any atom is -0.446 e. The van der Waals surface area contributed by atoms with Crippen molar-refractivity contribution in [1.82, 2.24) is 20.9 Å². The largest absolute Gasteiger partial charge is 0.446 e. The van der Waals surface area contributed by atoms with Gasteiger partial charge >= 0.3 is 6.09 Å². The van der Waals surface area contributed by atoms with Gasteiger partial charge in [-0.05, 0) is 61.6 Å². The molecule has 0 aromatic heterocycles. The number of ether oxygens (including phenoxy) is 1. The third kappa shape index (κ3) is 6.59. The minimum absolute atomic E-state index is 0.0720. The van der Waals surface area contributed by atoms with Crippen LogP contribution in [0.5, 0.6) is 0 Å². The molecule has 1 saturated heterocycles. The Morgan fingerprint density at radius 3 is 2.49 bits per heavy atom. The first-order valence-corrected chi connectivity index (χ1v) is 14.4. The maximum absolute atomic E-state index is 13.3. The molecule has 10 heteroatoms. The lowest BCUT2D eigenvalue weighted by atomic mass is 9.84. The van der Waals surface area contributed by atoms with Gasteiger partial charge in [0.15, 0.2) is 0 Å². The minimum atomic E-state index is -0.666. The highest BCUT2D eigenvalue weighted by molar-refractivity contribution is 6.05. The molecule has 0 bridgehead atoms. The molecule has 2 atom stereocenters. The van der Waals surface area contributed by atoms with E-state index in [0.717, 1.165) is 62.5 Å². The van der Waals surface area contributed by atoms with Gasteiger partial charge in [-0.1, -0.05) is 44.2 Å². The van der Waals surface area contributed by atoms with E-state index in [0.29, 0.717) is 24.3 Å². The first-order valence-electron chi connectivity index (χ1n) is 14.4. The van der Waals surface area contributed by atoms with Gasteiger partial charge in [0.05, 0.1) is 0 Å². The molecule has 2 aliphatic carbocycles. The molecule has 39 heavy (non-hydrogen) atoms. The zero-order valence-corrected chi connectivity index (χ0v) is 22.3. The van der Waals surface area contributed by atoms with Crippen LogP contribution in [-0.2, 0) is 32.2 Å². The summed E-state index contributed by atoms with van der Waals surface area (Å²) in [6, 6.07) is 4.06. The molecule has 4 aliphatic rings. The molecule has 3 fully saturated rings. The molecular weight excluding hydrogens is 500 g/mol. The number of alkyl carbamates (subject to hydrolysis) is 1. The van der Waals surface area contributed by atoms with Crippen molar-refractivity contribution >= 4 is 29.7 Å². The molecule has 1 aromatic carbocycles. The van der Waals surface area contributed by atoms with Gasteiger partial charge in [-0.3, -0.25) is 24.5 Å². The molecule has 3 N–H and O–H groups in total. The summed E-state index contributed by atoms with van der Waals surface area (Å²) in [7, 11) is 0. The summed E-state index contributed by atoms with van der Waals surface area (Å²) >= 11 is 0. The number of benzene rings is 1. The molecule has 5 amide bonds. The summed E-state index contributed by atoms with van der Waals surface area (Å²) < 4.78 is 5.56. The average Bonchev–Trinajstić information content (AvgIpc) is 3.55. The van der Waals surface area contributed by atoms with Gasteiger partial charge in [0, 0.05) is 25.1 Å². The molecule has 1 aromatic rings. The van der Waals surface area contributed by atoms with Crippen molar-refractivity contribution in [2.45, 2.75) is 108 Å². The van der Waals surface area contributed by atoms with Crippen molar-refractivity contribution in [2.24, 2.45) is 5.92 Å². The molecule has 2 saturated carbocycles. The van der Waals surface area contributed by atoms with Gasteiger partial charge in [-0.2, -0.15) is 0 Å². The highest BCUT2D eigenvalue weighted by Gasteiger charge is 2.39. The van der Waals surface area contributed by atoms with Crippen LogP contribution < -0.4 is 16.0 Å². The van der Waals surface area contributed by atoms with Crippen molar-refractivity contribution in [2.75, 3.05) is 0 Å². The molecule has 2 aliphatic heterocycles. The van der Waals surface area contributed by atoms with Gasteiger partial charge in [-0.25, -0.2) is 4.79 Å². The fourth-order valence-corrected chi connectivity index (χ4v) is 6.37. The summed E-state index contributed by atoms with van der Waals surface area (Å²) in [5.41, 5.74) is 2.14. The number of rotatable bonds is 8. The van der Waals surface area contributed by atoms with E-state index in [2.05, 4.69) is 16.0 Å².